The maximum atomic E-state index is 5.27. The molecule has 0 unspecified atom stereocenters. The third-order valence-corrected chi connectivity index (χ3v) is 4.42. The summed E-state index contributed by atoms with van der Waals surface area (Å²) in [5, 5.41) is 6.86. The Balaban J connectivity index is 1.79. The normalized spacial score (nSPS) is 18.9. The van der Waals surface area contributed by atoms with Crippen LogP contribution < -0.4 is 15.4 Å². The van der Waals surface area contributed by atoms with E-state index >= 15 is 0 Å². The highest BCUT2D eigenvalue weighted by molar-refractivity contribution is 5.79. The van der Waals surface area contributed by atoms with Gasteiger partial charge in [0.1, 0.15) is 5.75 Å². The van der Waals surface area contributed by atoms with E-state index in [2.05, 4.69) is 40.4 Å². The molecule has 1 saturated heterocycles. The largest absolute Gasteiger partial charge is 0.497 e. The van der Waals surface area contributed by atoms with Gasteiger partial charge in [-0.05, 0) is 43.0 Å². The molecule has 0 aliphatic carbocycles. The number of aliphatic imine (C=N–C) groups is 1. The monoisotopic (exact) mass is 332 g/mol. The summed E-state index contributed by atoms with van der Waals surface area (Å²) < 4.78 is 5.27. The summed E-state index contributed by atoms with van der Waals surface area (Å²) >= 11 is 0. The van der Waals surface area contributed by atoms with Gasteiger partial charge >= 0.3 is 0 Å². The van der Waals surface area contributed by atoms with Crippen molar-refractivity contribution in [3.8, 4) is 5.75 Å². The van der Waals surface area contributed by atoms with Gasteiger partial charge in [0.15, 0.2) is 5.96 Å². The van der Waals surface area contributed by atoms with Gasteiger partial charge in [-0.1, -0.05) is 26.0 Å². The smallest absolute Gasteiger partial charge is 0.191 e. The molecule has 1 aromatic carbocycles. The molecule has 0 radical (unpaired) electrons. The van der Waals surface area contributed by atoms with Crippen LogP contribution in [0, 0.1) is 5.92 Å². The number of methoxy groups -OCH3 is 1. The lowest BCUT2D eigenvalue weighted by molar-refractivity contribution is 0.226. The second-order valence-corrected chi connectivity index (χ2v) is 6.84. The molecule has 5 heteroatoms. The van der Waals surface area contributed by atoms with E-state index in [1.165, 1.54) is 31.5 Å². The molecular formula is C19H32N4O. The minimum absolute atomic E-state index is 0.614. The Morgan fingerprint density at radius 3 is 2.92 bits per heavy atom. The van der Waals surface area contributed by atoms with Crippen LogP contribution in [0.3, 0.4) is 0 Å². The summed E-state index contributed by atoms with van der Waals surface area (Å²) in [7, 11) is 3.51. The zero-order valence-corrected chi connectivity index (χ0v) is 15.5. The Labute approximate surface area is 146 Å². The Morgan fingerprint density at radius 1 is 1.38 bits per heavy atom. The molecule has 1 aromatic rings. The standard InChI is InChI=1S/C19H32N4O/c1-15(2)14-23-10-6-8-17(23)13-22-19(20-3)21-12-16-7-5-9-18(11-16)24-4/h5,7,9,11,15,17H,6,8,10,12-14H2,1-4H3,(H2,20,21,22)/t17-/m1/s1. The number of likely N-dealkylation sites (tertiary alicyclic amines) is 1. The summed E-state index contributed by atoms with van der Waals surface area (Å²) in [6.07, 6.45) is 2.57. The first-order valence-corrected chi connectivity index (χ1v) is 8.94. The zero-order chi connectivity index (χ0) is 17.4. The number of hydrogen-bond acceptors (Lipinski definition) is 3. The Morgan fingerprint density at radius 2 is 2.21 bits per heavy atom. The molecule has 0 saturated carbocycles. The van der Waals surface area contributed by atoms with Crippen molar-refractivity contribution in [2.75, 3.05) is 33.8 Å². The molecule has 24 heavy (non-hydrogen) atoms. The molecule has 2 rings (SSSR count). The third kappa shape index (κ3) is 5.71. The van der Waals surface area contributed by atoms with Crippen molar-refractivity contribution < 1.29 is 4.74 Å². The third-order valence-electron chi connectivity index (χ3n) is 4.42. The van der Waals surface area contributed by atoms with E-state index in [0.717, 1.165) is 30.7 Å². The number of nitrogens with zero attached hydrogens (tertiary/aromatic N) is 2. The van der Waals surface area contributed by atoms with Crippen molar-refractivity contribution >= 4 is 5.96 Å². The van der Waals surface area contributed by atoms with Crippen LogP contribution in [0.1, 0.15) is 32.3 Å². The maximum Gasteiger partial charge on any atom is 0.191 e. The Bertz CT molecular complexity index is 530. The lowest BCUT2D eigenvalue weighted by atomic mass is 10.1. The molecule has 1 fully saturated rings. The van der Waals surface area contributed by atoms with Crippen LogP contribution in [0.25, 0.3) is 0 Å². The lowest BCUT2D eigenvalue weighted by Crippen LogP contribution is -2.45. The molecule has 1 aliphatic heterocycles. The molecular weight excluding hydrogens is 300 g/mol. The fourth-order valence-electron chi connectivity index (χ4n) is 3.24. The average molecular weight is 332 g/mol. The predicted octanol–water partition coefficient (Wildman–Crippen LogP) is 2.48. The topological polar surface area (TPSA) is 48.9 Å². The van der Waals surface area contributed by atoms with E-state index < -0.39 is 0 Å². The number of benzene rings is 1. The van der Waals surface area contributed by atoms with Crippen molar-refractivity contribution in [2.24, 2.45) is 10.9 Å². The van der Waals surface area contributed by atoms with Crippen LogP contribution in [0.5, 0.6) is 5.75 Å². The molecule has 2 N–H and O–H groups in total. The second-order valence-electron chi connectivity index (χ2n) is 6.84. The van der Waals surface area contributed by atoms with E-state index in [1.54, 1.807) is 7.11 Å². The fourth-order valence-corrected chi connectivity index (χ4v) is 3.24. The molecule has 0 amide bonds. The first kappa shape index (κ1) is 18.6. The molecule has 0 spiro atoms. The fraction of sp³-hybridized carbons (Fsp3) is 0.632. The van der Waals surface area contributed by atoms with Crippen LogP contribution in [0.2, 0.25) is 0 Å². The first-order valence-electron chi connectivity index (χ1n) is 8.94. The van der Waals surface area contributed by atoms with E-state index in [4.69, 9.17) is 4.74 Å². The number of hydrogen-bond donors (Lipinski definition) is 2. The van der Waals surface area contributed by atoms with E-state index in [0.29, 0.717) is 6.04 Å². The SMILES string of the molecule is CN=C(NCc1cccc(OC)c1)NC[C@H]1CCCN1CC(C)C. The summed E-state index contributed by atoms with van der Waals surface area (Å²) in [6.45, 7) is 8.67. The number of ether oxygens (including phenoxy) is 1. The molecule has 1 atom stereocenters. The summed E-state index contributed by atoms with van der Waals surface area (Å²) in [5.74, 6) is 2.46. The minimum Gasteiger partial charge on any atom is -0.497 e. The van der Waals surface area contributed by atoms with E-state index in [1.807, 2.05) is 25.2 Å². The number of nitrogens with one attached hydrogen (secondary N) is 2. The highest BCUT2D eigenvalue weighted by atomic mass is 16.5. The van der Waals surface area contributed by atoms with Crippen molar-refractivity contribution in [3.63, 3.8) is 0 Å². The van der Waals surface area contributed by atoms with Gasteiger partial charge in [-0.25, -0.2) is 0 Å². The van der Waals surface area contributed by atoms with Gasteiger partial charge in [-0.3, -0.25) is 9.89 Å². The lowest BCUT2D eigenvalue weighted by Gasteiger charge is -2.27. The van der Waals surface area contributed by atoms with Crippen molar-refractivity contribution in [1.29, 1.82) is 0 Å². The molecule has 5 nitrogen and oxygen atoms in total. The van der Waals surface area contributed by atoms with Crippen LogP contribution in [-0.4, -0.2) is 50.7 Å². The first-order chi connectivity index (χ1) is 11.6. The summed E-state index contributed by atoms with van der Waals surface area (Å²) in [4.78, 5) is 6.94. The van der Waals surface area contributed by atoms with E-state index in [9.17, 15) is 0 Å². The second kappa shape index (κ2) is 9.52. The highest BCUT2D eigenvalue weighted by Gasteiger charge is 2.24. The Kier molecular flexibility index (Phi) is 7.37. The molecule has 134 valence electrons. The molecule has 1 heterocycles. The van der Waals surface area contributed by atoms with Gasteiger partial charge in [0.05, 0.1) is 7.11 Å². The van der Waals surface area contributed by atoms with Crippen LogP contribution in [0.4, 0.5) is 0 Å². The number of guanidine groups is 1. The van der Waals surface area contributed by atoms with Crippen LogP contribution in [-0.2, 0) is 6.54 Å². The van der Waals surface area contributed by atoms with Gasteiger partial charge in [0.2, 0.25) is 0 Å². The van der Waals surface area contributed by atoms with Gasteiger partial charge in [-0.2, -0.15) is 0 Å². The van der Waals surface area contributed by atoms with Crippen LogP contribution >= 0.6 is 0 Å². The van der Waals surface area contributed by atoms with Crippen LogP contribution in [0.15, 0.2) is 29.3 Å². The van der Waals surface area contributed by atoms with Gasteiger partial charge in [0.25, 0.3) is 0 Å². The molecule has 1 aliphatic rings. The predicted molar refractivity (Wildman–Crippen MR) is 101 cm³/mol. The molecule has 0 bridgehead atoms. The summed E-state index contributed by atoms with van der Waals surface area (Å²) in [5.41, 5.74) is 1.18. The molecule has 0 aromatic heterocycles. The van der Waals surface area contributed by atoms with Crippen molar-refractivity contribution in [1.82, 2.24) is 15.5 Å². The minimum atomic E-state index is 0.614. The highest BCUT2D eigenvalue weighted by Crippen LogP contribution is 2.18. The maximum absolute atomic E-state index is 5.27. The summed E-state index contributed by atoms with van der Waals surface area (Å²) in [6, 6.07) is 8.71. The Hall–Kier alpha value is -1.75. The van der Waals surface area contributed by atoms with Crippen molar-refractivity contribution in [3.05, 3.63) is 29.8 Å². The van der Waals surface area contributed by atoms with Gasteiger partial charge in [0, 0.05) is 32.7 Å². The van der Waals surface area contributed by atoms with Gasteiger partial charge < -0.3 is 15.4 Å². The zero-order valence-electron chi connectivity index (χ0n) is 15.5. The van der Waals surface area contributed by atoms with E-state index in [-0.39, 0.29) is 0 Å². The van der Waals surface area contributed by atoms with Crippen molar-refractivity contribution in [2.45, 2.75) is 39.3 Å². The van der Waals surface area contributed by atoms with Gasteiger partial charge in [-0.15, -0.1) is 0 Å². The quantitative estimate of drug-likeness (QED) is 0.595. The average Bonchev–Trinajstić information content (AvgIpc) is 3.01. The number of rotatable bonds is 7.